The Morgan fingerprint density at radius 3 is 2.42 bits per heavy atom. The van der Waals surface area contributed by atoms with E-state index < -0.39 is 29.5 Å². The van der Waals surface area contributed by atoms with Gasteiger partial charge in [-0.1, -0.05) is 29.3 Å². The van der Waals surface area contributed by atoms with Gasteiger partial charge < -0.3 is 25.3 Å². The van der Waals surface area contributed by atoms with Crippen molar-refractivity contribution >= 4 is 41.0 Å². The highest BCUT2D eigenvalue weighted by Crippen LogP contribution is 2.40. The van der Waals surface area contributed by atoms with Crippen molar-refractivity contribution in [3.63, 3.8) is 0 Å². The molecule has 2 aromatic rings. The number of esters is 1. The maximum Gasteiger partial charge on any atom is 0.408 e. The zero-order chi connectivity index (χ0) is 23.3. The first kappa shape index (κ1) is 24.6. The second-order valence-corrected chi connectivity index (χ2v) is 8.37. The number of hydrogen-bond donors (Lipinski definition) is 2. The van der Waals surface area contributed by atoms with Gasteiger partial charge in [-0.05, 0) is 44.5 Å². The maximum atomic E-state index is 13.6. The van der Waals surface area contributed by atoms with Crippen molar-refractivity contribution in [2.24, 2.45) is 0 Å². The molecular formula is C21H23Cl2FN2O5. The molecule has 0 saturated carbocycles. The molecule has 0 aliphatic carbocycles. The predicted octanol–water partition coefficient (Wildman–Crippen LogP) is 5.12. The van der Waals surface area contributed by atoms with Gasteiger partial charge in [0.1, 0.15) is 23.2 Å². The zero-order valence-corrected chi connectivity index (χ0v) is 18.9. The van der Waals surface area contributed by atoms with Crippen LogP contribution in [0.4, 0.5) is 14.9 Å². The number of benzene rings is 2. The van der Waals surface area contributed by atoms with Crippen LogP contribution in [0.2, 0.25) is 10.0 Å². The lowest BCUT2D eigenvalue weighted by Gasteiger charge is -2.23. The van der Waals surface area contributed by atoms with Crippen molar-refractivity contribution in [2.75, 3.05) is 12.8 Å². The summed E-state index contributed by atoms with van der Waals surface area (Å²) in [5, 5.41) is 2.77. The molecule has 10 heteroatoms. The first-order valence-electron chi connectivity index (χ1n) is 9.18. The van der Waals surface area contributed by atoms with Crippen LogP contribution >= 0.6 is 23.2 Å². The van der Waals surface area contributed by atoms with Crippen molar-refractivity contribution in [3.05, 3.63) is 51.8 Å². The lowest BCUT2D eigenvalue weighted by atomic mass is 10.0. The van der Waals surface area contributed by atoms with Crippen LogP contribution in [-0.4, -0.2) is 30.8 Å². The second-order valence-electron chi connectivity index (χ2n) is 7.55. The average molecular weight is 473 g/mol. The number of nitrogens with one attached hydrogen (secondary N) is 1. The number of hydrogen-bond acceptors (Lipinski definition) is 6. The highest BCUT2D eigenvalue weighted by molar-refractivity contribution is 6.33. The third kappa shape index (κ3) is 6.90. The van der Waals surface area contributed by atoms with E-state index in [0.717, 1.165) is 6.07 Å². The summed E-state index contributed by atoms with van der Waals surface area (Å²) in [6.45, 7) is 5.08. The number of nitrogen functional groups attached to an aromatic ring is 1. The number of methoxy groups -OCH3 is 1. The quantitative estimate of drug-likeness (QED) is 0.447. The molecule has 0 unspecified atom stereocenters. The molecule has 0 bridgehead atoms. The van der Waals surface area contributed by atoms with Crippen molar-refractivity contribution in [2.45, 2.75) is 38.8 Å². The lowest BCUT2D eigenvalue weighted by molar-refractivity contribution is -0.143. The van der Waals surface area contributed by atoms with E-state index in [0.29, 0.717) is 5.56 Å². The largest absolute Gasteiger partial charge is 0.467 e. The topological polar surface area (TPSA) is 99.9 Å². The molecule has 0 aromatic heterocycles. The Morgan fingerprint density at radius 1 is 1.16 bits per heavy atom. The number of amides is 1. The molecule has 31 heavy (non-hydrogen) atoms. The monoisotopic (exact) mass is 472 g/mol. The first-order chi connectivity index (χ1) is 14.4. The SMILES string of the molecule is COC(=O)[C@@H](Cc1ccc(Cl)c(Oc2cc(F)ccc2Cl)c1N)NC(=O)OC(C)(C)C. The molecule has 7 nitrogen and oxygen atoms in total. The summed E-state index contributed by atoms with van der Waals surface area (Å²) in [4.78, 5) is 24.3. The van der Waals surface area contributed by atoms with E-state index in [1.165, 1.54) is 25.3 Å². The maximum absolute atomic E-state index is 13.6. The molecular weight excluding hydrogens is 450 g/mol. The highest BCUT2D eigenvalue weighted by Gasteiger charge is 2.27. The van der Waals surface area contributed by atoms with E-state index in [4.69, 9.17) is 43.1 Å². The van der Waals surface area contributed by atoms with E-state index >= 15 is 0 Å². The number of anilines is 1. The summed E-state index contributed by atoms with van der Waals surface area (Å²) >= 11 is 12.3. The number of rotatable bonds is 6. The van der Waals surface area contributed by atoms with Gasteiger partial charge in [-0.2, -0.15) is 0 Å². The van der Waals surface area contributed by atoms with Gasteiger partial charge in [0, 0.05) is 12.5 Å². The highest BCUT2D eigenvalue weighted by atomic mass is 35.5. The van der Waals surface area contributed by atoms with Crippen molar-refractivity contribution in [3.8, 4) is 11.5 Å². The van der Waals surface area contributed by atoms with E-state index in [2.05, 4.69) is 5.32 Å². The van der Waals surface area contributed by atoms with E-state index in [-0.39, 0.29) is 33.7 Å². The molecule has 0 heterocycles. The van der Waals surface area contributed by atoms with Gasteiger partial charge >= 0.3 is 12.1 Å². The fraction of sp³-hybridized carbons (Fsp3) is 0.333. The van der Waals surface area contributed by atoms with E-state index in [1.54, 1.807) is 26.8 Å². The van der Waals surface area contributed by atoms with Gasteiger partial charge in [-0.25, -0.2) is 14.0 Å². The molecule has 168 valence electrons. The Balaban J connectivity index is 2.32. The molecule has 2 aromatic carbocycles. The summed E-state index contributed by atoms with van der Waals surface area (Å²) < 4.78 is 29.2. The van der Waals surface area contributed by atoms with Crippen LogP contribution in [0.15, 0.2) is 30.3 Å². The fourth-order valence-electron chi connectivity index (χ4n) is 2.57. The molecule has 1 atom stereocenters. The van der Waals surface area contributed by atoms with Crippen LogP contribution in [0.3, 0.4) is 0 Å². The van der Waals surface area contributed by atoms with E-state index in [9.17, 15) is 14.0 Å². The number of carbonyl (C=O) groups excluding carboxylic acids is 2. The first-order valence-corrected chi connectivity index (χ1v) is 9.94. The molecule has 0 spiro atoms. The minimum absolute atomic E-state index is 0.0174. The van der Waals surface area contributed by atoms with Crippen LogP contribution in [0, 0.1) is 5.82 Å². The average Bonchev–Trinajstić information content (AvgIpc) is 2.67. The molecule has 0 fully saturated rings. The Bertz CT molecular complexity index is 979. The second kappa shape index (κ2) is 10.1. The number of carbonyl (C=O) groups is 2. The van der Waals surface area contributed by atoms with Crippen LogP contribution < -0.4 is 15.8 Å². The van der Waals surface area contributed by atoms with Crippen LogP contribution in [0.1, 0.15) is 26.3 Å². The Morgan fingerprint density at radius 2 is 1.81 bits per heavy atom. The van der Waals surface area contributed by atoms with Crippen molar-refractivity contribution in [1.29, 1.82) is 0 Å². The minimum Gasteiger partial charge on any atom is -0.467 e. The van der Waals surface area contributed by atoms with Gasteiger partial charge in [0.2, 0.25) is 0 Å². The summed E-state index contributed by atoms with van der Waals surface area (Å²) in [5.74, 6) is -1.20. The van der Waals surface area contributed by atoms with Gasteiger partial charge in [0.25, 0.3) is 0 Å². The molecule has 0 aliphatic heterocycles. The number of alkyl carbamates (subject to hydrolysis) is 1. The van der Waals surface area contributed by atoms with Gasteiger partial charge in [0.05, 0.1) is 22.8 Å². The van der Waals surface area contributed by atoms with E-state index in [1.807, 2.05) is 0 Å². The van der Waals surface area contributed by atoms with Gasteiger partial charge in [-0.3, -0.25) is 0 Å². The number of nitrogens with two attached hydrogens (primary N) is 1. The Labute approximate surface area is 189 Å². The van der Waals surface area contributed by atoms with Crippen molar-refractivity contribution < 1.29 is 28.2 Å². The molecule has 1 amide bonds. The summed E-state index contributed by atoms with van der Waals surface area (Å²) in [5.41, 5.74) is 5.97. The van der Waals surface area contributed by atoms with Crippen molar-refractivity contribution in [1.82, 2.24) is 5.32 Å². The predicted molar refractivity (Wildman–Crippen MR) is 116 cm³/mol. The fourth-order valence-corrected chi connectivity index (χ4v) is 2.93. The number of halogens is 3. The molecule has 0 aliphatic rings. The Kier molecular flexibility index (Phi) is 7.97. The third-order valence-corrected chi connectivity index (χ3v) is 4.55. The van der Waals surface area contributed by atoms with Crippen LogP contribution in [0.5, 0.6) is 11.5 Å². The standard InChI is InChI=1S/C21H23Cl2FN2O5/c1-21(2,3)31-20(28)26-15(19(27)29-4)9-11-5-7-14(23)18(17(11)25)30-16-10-12(24)6-8-13(16)22/h5-8,10,15H,9,25H2,1-4H3,(H,26,28)/t15-/m1/s1. The molecule has 0 radical (unpaired) electrons. The van der Waals surface area contributed by atoms with Gasteiger partial charge in [-0.15, -0.1) is 0 Å². The smallest absolute Gasteiger partial charge is 0.408 e. The number of ether oxygens (including phenoxy) is 3. The summed E-state index contributed by atoms with van der Waals surface area (Å²) in [6.07, 6.45) is -0.833. The van der Waals surface area contributed by atoms with Gasteiger partial charge in [0.15, 0.2) is 5.75 Å². The molecule has 0 saturated heterocycles. The van der Waals surface area contributed by atoms with Crippen LogP contribution in [0.25, 0.3) is 0 Å². The minimum atomic E-state index is -1.09. The molecule has 3 N–H and O–H groups in total. The Hall–Kier alpha value is -2.71. The zero-order valence-electron chi connectivity index (χ0n) is 17.4. The summed E-state index contributed by atoms with van der Waals surface area (Å²) in [6, 6.07) is 5.58. The molecule has 2 rings (SSSR count). The third-order valence-electron chi connectivity index (χ3n) is 3.94. The summed E-state index contributed by atoms with van der Waals surface area (Å²) in [7, 11) is 1.19. The lowest BCUT2D eigenvalue weighted by Crippen LogP contribution is -2.45. The normalized spacial score (nSPS) is 12.1. The van der Waals surface area contributed by atoms with Crippen LogP contribution in [-0.2, 0) is 20.7 Å².